The standard InChI is InChI=1S/C12H18N4S/c1-10(11-6-2-3-7-13-11)14-15-12(17)16-8-4-5-9-16/h2-3,6-7,10,14H,4-5,8-9H2,1H3,(H,15,17). The van der Waals surface area contributed by atoms with E-state index in [1.54, 1.807) is 6.20 Å². The normalized spacial score (nSPS) is 16.9. The third-order valence-electron chi connectivity index (χ3n) is 2.92. The highest BCUT2D eigenvalue weighted by Crippen LogP contribution is 2.08. The van der Waals surface area contributed by atoms with Gasteiger partial charge in [0, 0.05) is 19.3 Å². The zero-order chi connectivity index (χ0) is 12.1. The molecule has 1 fully saturated rings. The van der Waals surface area contributed by atoms with Crippen LogP contribution in [0.4, 0.5) is 0 Å². The zero-order valence-corrected chi connectivity index (χ0v) is 10.8. The summed E-state index contributed by atoms with van der Waals surface area (Å²) in [6.07, 6.45) is 4.27. The summed E-state index contributed by atoms with van der Waals surface area (Å²) in [4.78, 5) is 6.48. The van der Waals surface area contributed by atoms with Crippen LogP contribution in [0.3, 0.4) is 0 Å². The monoisotopic (exact) mass is 250 g/mol. The Morgan fingerprint density at radius 3 is 2.82 bits per heavy atom. The quantitative estimate of drug-likeness (QED) is 0.630. The van der Waals surface area contributed by atoms with Crippen LogP contribution in [0, 0.1) is 0 Å². The smallest absolute Gasteiger partial charge is 0.183 e. The summed E-state index contributed by atoms with van der Waals surface area (Å²) in [7, 11) is 0. The van der Waals surface area contributed by atoms with E-state index in [-0.39, 0.29) is 6.04 Å². The molecule has 1 aromatic rings. The fraction of sp³-hybridized carbons (Fsp3) is 0.500. The fourth-order valence-corrected chi connectivity index (χ4v) is 2.12. The highest BCUT2D eigenvalue weighted by Gasteiger charge is 2.15. The van der Waals surface area contributed by atoms with E-state index < -0.39 is 0 Å². The second kappa shape index (κ2) is 5.93. The van der Waals surface area contributed by atoms with Crippen molar-refractivity contribution < 1.29 is 0 Å². The lowest BCUT2D eigenvalue weighted by molar-refractivity contribution is 0.460. The summed E-state index contributed by atoms with van der Waals surface area (Å²) in [5, 5.41) is 0.783. The molecule has 0 bridgehead atoms. The molecule has 0 radical (unpaired) electrons. The van der Waals surface area contributed by atoms with E-state index in [0.717, 1.165) is 23.9 Å². The van der Waals surface area contributed by atoms with Crippen LogP contribution in [-0.2, 0) is 0 Å². The predicted molar refractivity (Wildman–Crippen MR) is 72.3 cm³/mol. The summed E-state index contributed by atoms with van der Waals surface area (Å²) in [5.74, 6) is 0. The molecular formula is C12H18N4S. The van der Waals surface area contributed by atoms with Crippen molar-refractivity contribution in [2.45, 2.75) is 25.8 Å². The van der Waals surface area contributed by atoms with E-state index in [0.29, 0.717) is 0 Å². The van der Waals surface area contributed by atoms with Crippen molar-refractivity contribution >= 4 is 17.3 Å². The van der Waals surface area contributed by atoms with Gasteiger partial charge in [0.25, 0.3) is 0 Å². The lowest BCUT2D eigenvalue weighted by Gasteiger charge is -2.22. The molecule has 1 aliphatic rings. The highest BCUT2D eigenvalue weighted by molar-refractivity contribution is 7.80. The second-order valence-electron chi connectivity index (χ2n) is 4.24. The van der Waals surface area contributed by atoms with Gasteiger partial charge in [-0.3, -0.25) is 10.4 Å². The third-order valence-corrected chi connectivity index (χ3v) is 3.28. The van der Waals surface area contributed by atoms with Crippen molar-refractivity contribution in [3.05, 3.63) is 30.1 Å². The number of nitrogens with one attached hydrogen (secondary N) is 2. The number of aromatic nitrogens is 1. The predicted octanol–water partition coefficient (Wildman–Crippen LogP) is 1.62. The molecule has 2 N–H and O–H groups in total. The molecule has 1 aromatic heterocycles. The average molecular weight is 250 g/mol. The SMILES string of the molecule is CC(NNC(=S)N1CCCC1)c1ccccn1. The van der Waals surface area contributed by atoms with Crippen molar-refractivity contribution in [2.24, 2.45) is 0 Å². The topological polar surface area (TPSA) is 40.2 Å². The maximum absolute atomic E-state index is 5.31. The Kier molecular flexibility index (Phi) is 4.28. The molecule has 1 saturated heterocycles. The van der Waals surface area contributed by atoms with Crippen molar-refractivity contribution in [1.82, 2.24) is 20.7 Å². The molecule has 0 saturated carbocycles. The van der Waals surface area contributed by atoms with Crippen LogP contribution in [0.2, 0.25) is 0 Å². The molecule has 4 nitrogen and oxygen atoms in total. The van der Waals surface area contributed by atoms with Crippen LogP contribution in [0.15, 0.2) is 24.4 Å². The molecule has 92 valence electrons. The van der Waals surface area contributed by atoms with Gasteiger partial charge in [-0.05, 0) is 44.1 Å². The van der Waals surface area contributed by atoms with E-state index >= 15 is 0 Å². The van der Waals surface area contributed by atoms with Gasteiger partial charge in [0.2, 0.25) is 0 Å². The molecule has 0 aromatic carbocycles. The molecule has 2 heterocycles. The number of pyridine rings is 1. The number of hydrogen-bond donors (Lipinski definition) is 2. The largest absolute Gasteiger partial charge is 0.348 e. The first-order valence-corrected chi connectivity index (χ1v) is 6.39. The molecule has 0 spiro atoms. The third kappa shape index (κ3) is 3.38. The molecule has 0 amide bonds. The lowest BCUT2D eigenvalue weighted by Crippen LogP contribution is -2.46. The van der Waals surface area contributed by atoms with Crippen molar-refractivity contribution in [1.29, 1.82) is 0 Å². The number of nitrogens with zero attached hydrogens (tertiary/aromatic N) is 2. The molecule has 2 rings (SSSR count). The first-order valence-electron chi connectivity index (χ1n) is 5.99. The van der Waals surface area contributed by atoms with Crippen LogP contribution in [0.5, 0.6) is 0 Å². The van der Waals surface area contributed by atoms with Gasteiger partial charge >= 0.3 is 0 Å². The molecule has 17 heavy (non-hydrogen) atoms. The maximum atomic E-state index is 5.31. The lowest BCUT2D eigenvalue weighted by atomic mass is 10.2. The number of rotatable bonds is 3. The van der Waals surface area contributed by atoms with Gasteiger partial charge in [-0.25, -0.2) is 5.43 Å². The number of hydrazine groups is 1. The van der Waals surface area contributed by atoms with Crippen molar-refractivity contribution in [3.63, 3.8) is 0 Å². The molecule has 1 unspecified atom stereocenters. The summed E-state index contributed by atoms with van der Waals surface area (Å²) >= 11 is 5.31. The van der Waals surface area contributed by atoms with Gasteiger partial charge in [0.1, 0.15) is 0 Å². The Labute approximate surface area is 107 Å². The molecule has 5 heteroatoms. The first-order chi connectivity index (χ1) is 8.27. The molecule has 0 aliphatic carbocycles. The maximum Gasteiger partial charge on any atom is 0.183 e. The summed E-state index contributed by atoms with van der Waals surface area (Å²) in [6, 6.07) is 6.03. The number of thiocarbonyl (C=S) groups is 1. The average Bonchev–Trinajstić information content (AvgIpc) is 2.90. The summed E-state index contributed by atoms with van der Waals surface area (Å²) in [5.41, 5.74) is 7.27. The Hall–Kier alpha value is -1.20. The minimum absolute atomic E-state index is 0.136. The molecule has 1 atom stereocenters. The van der Waals surface area contributed by atoms with E-state index in [9.17, 15) is 0 Å². The van der Waals surface area contributed by atoms with Crippen LogP contribution in [-0.4, -0.2) is 28.1 Å². The van der Waals surface area contributed by atoms with Crippen LogP contribution in [0.25, 0.3) is 0 Å². The minimum Gasteiger partial charge on any atom is -0.348 e. The van der Waals surface area contributed by atoms with Crippen LogP contribution >= 0.6 is 12.2 Å². The number of likely N-dealkylation sites (tertiary alicyclic amines) is 1. The van der Waals surface area contributed by atoms with Crippen molar-refractivity contribution in [3.8, 4) is 0 Å². The summed E-state index contributed by atoms with van der Waals surface area (Å²) in [6.45, 7) is 4.18. The van der Waals surface area contributed by atoms with Gasteiger partial charge < -0.3 is 4.90 Å². The van der Waals surface area contributed by atoms with Crippen LogP contribution in [0.1, 0.15) is 31.5 Å². The van der Waals surface area contributed by atoms with E-state index in [2.05, 4.69) is 27.7 Å². The van der Waals surface area contributed by atoms with E-state index in [1.807, 2.05) is 18.2 Å². The highest BCUT2D eigenvalue weighted by atomic mass is 32.1. The molecular weight excluding hydrogens is 232 g/mol. The summed E-state index contributed by atoms with van der Waals surface area (Å²) < 4.78 is 0. The molecule has 1 aliphatic heterocycles. The first kappa shape index (κ1) is 12.3. The van der Waals surface area contributed by atoms with Gasteiger partial charge in [-0.1, -0.05) is 6.07 Å². The Bertz CT molecular complexity index is 362. The van der Waals surface area contributed by atoms with Gasteiger partial charge in [-0.2, -0.15) is 0 Å². The Morgan fingerprint density at radius 2 is 2.18 bits per heavy atom. The van der Waals surface area contributed by atoms with Gasteiger partial charge in [0.15, 0.2) is 5.11 Å². The van der Waals surface area contributed by atoms with Gasteiger partial charge in [0.05, 0.1) is 11.7 Å². The minimum atomic E-state index is 0.136. The Balaban J connectivity index is 1.80. The van der Waals surface area contributed by atoms with E-state index in [4.69, 9.17) is 12.2 Å². The number of hydrogen-bond acceptors (Lipinski definition) is 3. The zero-order valence-electron chi connectivity index (χ0n) is 10.0. The fourth-order valence-electron chi connectivity index (χ4n) is 1.88. The second-order valence-corrected chi connectivity index (χ2v) is 4.63. The van der Waals surface area contributed by atoms with Crippen molar-refractivity contribution in [2.75, 3.05) is 13.1 Å². The van der Waals surface area contributed by atoms with Gasteiger partial charge in [-0.15, -0.1) is 0 Å². The van der Waals surface area contributed by atoms with E-state index in [1.165, 1.54) is 12.8 Å². The van der Waals surface area contributed by atoms with Crippen LogP contribution < -0.4 is 10.9 Å². The Morgan fingerprint density at radius 1 is 1.41 bits per heavy atom.